The molecule has 0 fully saturated rings. The highest BCUT2D eigenvalue weighted by Gasteiger charge is 2.33. The van der Waals surface area contributed by atoms with Crippen molar-refractivity contribution in [2.75, 3.05) is 17.1 Å². The maximum atomic E-state index is 13.7. The zero-order valence-electron chi connectivity index (χ0n) is 21.6. The van der Waals surface area contributed by atoms with Gasteiger partial charge in [0.1, 0.15) is 12.6 Å². The second-order valence-electron chi connectivity index (χ2n) is 9.80. The molecule has 0 aromatic heterocycles. The van der Waals surface area contributed by atoms with Gasteiger partial charge in [-0.3, -0.25) is 13.9 Å². The van der Waals surface area contributed by atoms with Crippen LogP contribution in [0.3, 0.4) is 0 Å². The normalized spacial score (nSPS) is 12.7. The Hall–Kier alpha value is -2.58. The third-order valence-corrected chi connectivity index (χ3v) is 7.05. The molecule has 0 saturated heterocycles. The van der Waals surface area contributed by atoms with Crippen LogP contribution in [0, 0.1) is 13.8 Å². The van der Waals surface area contributed by atoms with E-state index in [0.29, 0.717) is 17.1 Å². The molecule has 0 aliphatic heterocycles. The molecule has 0 radical (unpaired) electrons. The topological polar surface area (TPSA) is 86.8 Å². The largest absolute Gasteiger partial charge is 0.350 e. The van der Waals surface area contributed by atoms with Gasteiger partial charge in [-0.05, 0) is 75.9 Å². The first-order valence-corrected chi connectivity index (χ1v) is 13.8. The van der Waals surface area contributed by atoms with E-state index in [2.05, 4.69) is 5.32 Å². The van der Waals surface area contributed by atoms with E-state index in [1.54, 1.807) is 36.4 Å². The molecule has 2 rings (SSSR count). The smallest absolute Gasteiger partial charge is 0.244 e. The fourth-order valence-corrected chi connectivity index (χ4v) is 4.79. The van der Waals surface area contributed by atoms with Gasteiger partial charge in [-0.15, -0.1) is 0 Å². The number of rotatable bonds is 9. The second-order valence-corrected chi connectivity index (χ2v) is 12.1. The summed E-state index contributed by atoms with van der Waals surface area (Å²) in [5, 5.41) is 3.50. The summed E-state index contributed by atoms with van der Waals surface area (Å²) in [5.74, 6) is -0.762. The van der Waals surface area contributed by atoms with Crippen molar-refractivity contribution in [3.63, 3.8) is 0 Å². The van der Waals surface area contributed by atoms with Crippen molar-refractivity contribution in [2.24, 2.45) is 0 Å². The Balaban J connectivity index is 2.49. The van der Waals surface area contributed by atoms with Crippen LogP contribution in [0.1, 0.15) is 50.8 Å². The van der Waals surface area contributed by atoms with Gasteiger partial charge in [0.25, 0.3) is 0 Å². The summed E-state index contributed by atoms with van der Waals surface area (Å²) in [5.41, 5.74) is 2.42. The maximum Gasteiger partial charge on any atom is 0.244 e. The van der Waals surface area contributed by atoms with Crippen LogP contribution in [0.4, 0.5) is 5.69 Å². The lowest BCUT2D eigenvalue weighted by atomic mass is 10.1. The number of halogens is 1. The molecule has 1 atom stereocenters. The molecule has 0 spiro atoms. The molecule has 192 valence electrons. The van der Waals surface area contributed by atoms with Crippen molar-refractivity contribution in [1.29, 1.82) is 0 Å². The van der Waals surface area contributed by atoms with Crippen molar-refractivity contribution in [3.8, 4) is 0 Å². The number of sulfonamides is 1. The lowest BCUT2D eigenvalue weighted by Gasteiger charge is -2.34. The number of nitrogens with zero attached hydrogens (tertiary/aromatic N) is 2. The first kappa shape index (κ1) is 28.7. The van der Waals surface area contributed by atoms with E-state index >= 15 is 0 Å². The highest BCUT2D eigenvalue weighted by Crippen LogP contribution is 2.26. The molecule has 1 N–H and O–H groups in total. The maximum absolute atomic E-state index is 13.7. The van der Waals surface area contributed by atoms with E-state index in [9.17, 15) is 18.0 Å². The Labute approximate surface area is 214 Å². The molecular formula is C26H36ClN3O4S. The molecule has 7 nitrogen and oxygen atoms in total. The van der Waals surface area contributed by atoms with Crippen LogP contribution in [-0.2, 0) is 26.2 Å². The SMILES string of the molecule is CC[C@H](C(=O)NC(C)(C)C)N(Cc1ccc(Cl)cc1)C(=O)CN(c1cccc(C)c1C)S(C)(=O)=O. The standard InChI is InChI=1S/C26H36ClN3O4S/c1-8-22(25(32)28-26(4,5)6)29(16-20-12-14-21(27)15-13-20)24(31)17-30(35(7,33)34)23-11-9-10-18(2)19(23)3/h9-15,22H,8,16-17H2,1-7H3,(H,28,32)/t22-/m1/s1. The van der Waals surface area contributed by atoms with Gasteiger partial charge in [-0.2, -0.15) is 0 Å². The van der Waals surface area contributed by atoms with E-state index in [4.69, 9.17) is 11.6 Å². The molecular weight excluding hydrogens is 486 g/mol. The number of anilines is 1. The Morgan fingerprint density at radius 2 is 1.66 bits per heavy atom. The van der Waals surface area contributed by atoms with Crippen molar-refractivity contribution < 1.29 is 18.0 Å². The van der Waals surface area contributed by atoms with E-state index < -0.39 is 34.1 Å². The minimum absolute atomic E-state index is 0.135. The van der Waals surface area contributed by atoms with E-state index in [1.807, 2.05) is 47.6 Å². The third kappa shape index (κ3) is 7.97. The monoisotopic (exact) mass is 521 g/mol. The van der Waals surface area contributed by atoms with Crippen LogP contribution >= 0.6 is 11.6 Å². The molecule has 0 aliphatic rings. The molecule has 0 heterocycles. The lowest BCUT2D eigenvalue weighted by Crippen LogP contribution is -2.55. The molecule has 35 heavy (non-hydrogen) atoms. The Bertz CT molecular complexity index is 1160. The number of carbonyl (C=O) groups excluding carboxylic acids is 2. The summed E-state index contributed by atoms with van der Waals surface area (Å²) < 4.78 is 26.7. The van der Waals surface area contributed by atoms with E-state index in [1.165, 1.54) is 4.90 Å². The van der Waals surface area contributed by atoms with E-state index in [0.717, 1.165) is 27.3 Å². The third-order valence-electron chi connectivity index (χ3n) is 5.67. The van der Waals surface area contributed by atoms with Crippen LogP contribution in [0.15, 0.2) is 42.5 Å². The van der Waals surface area contributed by atoms with Crippen molar-refractivity contribution in [1.82, 2.24) is 10.2 Å². The highest BCUT2D eigenvalue weighted by molar-refractivity contribution is 7.92. The number of carbonyl (C=O) groups is 2. The summed E-state index contributed by atoms with van der Waals surface area (Å²) in [6.07, 6.45) is 1.44. The highest BCUT2D eigenvalue weighted by atomic mass is 35.5. The quantitative estimate of drug-likeness (QED) is 0.528. The minimum Gasteiger partial charge on any atom is -0.350 e. The Kier molecular flexibility index (Phi) is 9.36. The van der Waals surface area contributed by atoms with Gasteiger partial charge in [-0.1, -0.05) is 42.8 Å². The fraction of sp³-hybridized carbons (Fsp3) is 0.462. The summed E-state index contributed by atoms with van der Waals surface area (Å²) in [6, 6.07) is 11.6. The number of aryl methyl sites for hydroxylation is 1. The van der Waals surface area contributed by atoms with Gasteiger partial charge in [0.05, 0.1) is 11.9 Å². The van der Waals surface area contributed by atoms with Crippen LogP contribution in [0.25, 0.3) is 0 Å². The molecule has 0 bridgehead atoms. The predicted molar refractivity (Wildman–Crippen MR) is 142 cm³/mol. The summed E-state index contributed by atoms with van der Waals surface area (Å²) in [7, 11) is -3.78. The zero-order chi connectivity index (χ0) is 26.6. The number of benzene rings is 2. The first-order chi connectivity index (χ1) is 16.1. The average Bonchev–Trinajstić information content (AvgIpc) is 2.73. The van der Waals surface area contributed by atoms with Crippen molar-refractivity contribution >= 4 is 39.1 Å². The van der Waals surface area contributed by atoms with Crippen molar-refractivity contribution in [2.45, 2.75) is 66.1 Å². The molecule has 2 aromatic carbocycles. The van der Waals surface area contributed by atoms with Crippen LogP contribution < -0.4 is 9.62 Å². The van der Waals surface area contributed by atoms with Crippen molar-refractivity contribution in [3.05, 3.63) is 64.2 Å². The Morgan fingerprint density at radius 3 is 2.17 bits per heavy atom. The van der Waals surface area contributed by atoms with Crippen LogP contribution in [0.5, 0.6) is 0 Å². The molecule has 2 aromatic rings. The Morgan fingerprint density at radius 1 is 1.06 bits per heavy atom. The zero-order valence-corrected chi connectivity index (χ0v) is 23.1. The molecule has 9 heteroatoms. The number of nitrogens with one attached hydrogen (secondary N) is 1. The second kappa shape index (κ2) is 11.4. The number of amides is 2. The van der Waals surface area contributed by atoms with Crippen LogP contribution in [0.2, 0.25) is 5.02 Å². The van der Waals surface area contributed by atoms with Gasteiger partial charge in [0.2, 0.25) is 21.8 Å². The van der Waals surface area contributed by atoms with Gasteiger partial charge in [0, 0.05) is 17.1 Å². The lowest BCUT2D eigenvalue weighted by molar-refractivity contribution is -0.141. The molecule has 0 saturated carbocycles. The summed E-state index contributed by atoms with van der Waals surface area (Å²) >= 11 is 6.02. The van der Waals surface area contributed by atoms with Gasteiger partial charge in [-0.25, -0.2) is 8.42 Å². The van der Waals surface area contributed by atoms with Gasteiger partial charge < -0.3 is 10.2 Å². The van der Waals surface area contributed by atoms with E-state index in [-0.39, 0.29) is 12.5 Å². The predicted octanol–water partition coefficient (Wildman–Crippen LogP) is 4.44. The average molecular weight is 522 g/mol. The van der Waals surface area contributed by atoms with Crippen LogP contribution in [-0.4, -0.2) is 49.5 Å². The number of hydrogen-bond acceptors (Lipinski definition) is 4. The first-order valence-electron chi connectivity index (χ1n) is 11.5. The molecule has 2 amide bonds. The fourth-order valence-electron chi connectivity index (χ4n) is 3.76. The minimum atomic E-state index is -3.78. The van der Waals surface area contributed by atoms with Gasteiger partial charge in [0.15, 0.2) is 0 Å². The summed E-state index contributed by atoms with van der Waals surface area (Å²) in [4.78, 5) is 28.4. The molecule has 0 unspecified atom stereocenters. The summed E-state index contributed by atoms with van der Waals surface area (Å²) in [6.45, 7) is 10.9. The molecule has 0 aliphatic carbocycles. The number of hydrogen-bond donors (Lipinski definition) is 1. The van der Waals surface area contributed by atoms with Gasteiger partial charge >= 0.3 is 0 Å².